The third-order valence-corrected chi connectivity index (χ3v) is 3.57. The summed E-state index contributed by atoms with van der Waals surface area (Å²) in [5, 5.41) is 9.36. The van der Waals surface area contributed by atoms with Gasteiger partial charge in [0.1, 0.15) is 5.75 Å². The molecule has 0 heterocycles. The maximum absolute atomic E-state index is 9.36. The highest BCUT2D eigenvalue weighted by atomic mass is 16.5. The minimum atomic E-state index is -0.202. The average molecular weight is 251 g/mol. The van der Waals surface area contributed by atoms with E-state index in [0.29, 0.717) is 0 Å². The van der Waals surface area contributed by atoms with E-state index in [9.17, 15) is 5.11 Å². The van der Waals surface area contributed by atoms with Crippen molar-refractivity contribution in [2.75, 3.05) is 20.8 Å². The predicted molar refractivity (Wildman–Crippen MR) is 75.0 cm³/mol. The Bertz CT molecular complexity index is 388. The number of hydrogen-bond acceptors (Lipinski definition) is 3. The number of benzene rings is 1. The summed E-state index contributed by atoms with van der Waals surface area (Å²) in [5.41, 5.74) is 2.27. The first-order chi connectivity index (χ1) is 8.44. The molecule has 0 saturated heterocycles. The molecular formula is C15H25NO2. The second kappa shape index (κ2) is 6.21. The van der Waals surface area contributed by atoms with Gasteiger partial charge in [0.15, 0.2) is 0 Å². The molecule has 0 saturated carbocycles. The van der Waals surface area contributed by atoms with Gasteiger partial charge in [-0.25, -0.2) is 0 Å². The zero-order valence-electron chi connectivity index (χ0n) is 12.2. The number of ether oxygens (including phenoxy) is 1. The number of aryl methyl sites for hydroxylation is 1. The molecule has 3 nitrogen and oxygen atoms in total. The first kappa shape index (κ1) is 15.0. The Labute approximate surface area is 110 Å². The summed E-state index contributed by atoms with van der Waals surface area (Å²) in [6.07, 6.45) is 0.962. The maximum Gasteiger partial charge on any atom is 0.122 e. The van der Waals surface area contributed by atoms with Crippen molar-refractivity contribution in [3.8, 4) is 5.75 Å². The maximum atomic E-state index is 9.36. The Kier molecular flexibility index (Phi) is 5.17. The Balaban J connectivity index is 2.86. The molecule has 3 heteroatoms. The SMILES string of the molecule is CCc1cc(CN(C)C(C)(C)CO)ccc1OC. The Morgan fingerprint density at radius 1 is 1.33 bits per heavy atom. The third kappa shape index (κ3) is 3.47. The molecule has 1 rings (SSSR count). The van der Waals surface area contributed by atoms with Crippen LogP contribution >= 0.6 is 0 Å². The highest BCUT2D eigenvalue weighted by Crippen LogP contribution is 2.22. The number of nitrogens with zero attached hydrogens (tertiary/aromatic N) is 1. The summed E-state index contributed by atoms with van der Waals surface area (Å²) >= 11 is 0. The molecule has 0 amide bonds. The van der Waals surface area contributed by atoms with Gasteiger partial charge < -0.3 is 9.84 Å². The van der Waals surface area contributed by atoms with Crippen molar-refractivity contribution >= 4 is 0 Å². The normalized spacial score (nSPS) is 11.9. The molecule has 1 N–H and O–H groups in total. The molecule has 0 aliphatic rings. The lowest BCUT2D eigenvalue weighted by Gasteiger charge is -2.34. The highest BCUT2D eigenvalue weighted by Gasteiger charge is 2.22. The highest BCUT2D eigenvalue weighted by molar-refractivity contribution is 5.37. The summed E-state index contributed by atoms with van der Waals surface area (Å²) < 4.78 is 5.33. The molecule has 0 spiro atoms. The number of aliphatic hydroxyl groups is 1. The van der Waals surface area contributed by atoms with Crippen LogP contribution in [0.5, 0.6) is 5.75 Å². The van der Waals surface area contributed by atoms with E-state index in [4.69, 9.17) is 4.74 Å². The van der Waals surface area contributed by atoms with Crippen molar-refractivity contribution < 1.29 is 9.84 Å². The zero-order chi connectivity index (χ0) is 13.8. The van der Waals surface area contributed by atoms with Crippen LogP contribution < -0.4 is 4.74 Å². The predicted octanol–water partition coefficient (Wildman–Crippen LogP) is 2.46. The smallest absolute Gasteiger partial charge is 0.122 e. The van der Waals surface area contributed by atoms with Gasteiger partial charge in [0.2, 0.25) is 0 Å². The monoisotopic (exact) mass is 251 g/mol. The van der Waals surface area contributed by atoms with Crippen molar-refractivity contribution in [2.24, 2.45) is 0 Å². The van der Waals surface area contributed by atoms with Crippen LogP contribution in [0.4, 0.5) is 0 Å². The number of rotatable bonds is 6. The molecule has 0 aliphatic heterocycles. The van der Waals surface area contributed by atoms with E-state index >= 15 is 0 Å². The summed E-state index contributed by atoms with van der Waals surface area (Å²) in [4.78, 5) is 2.16. The Hall–Kier alpha value is -1.06. The first-order valence-corrected chi connectivity index (χ1v) is 6.42. The van der Waals surface area contributed by atoms with Crippen LogP contribution in [0.2, 0.25) is 0 Å². The average Bonchev–Trinajstić information content (AvgIpc) is 2.38. The van der Waals surface area contributed by atoms with Crippen molar-refractivity contribution in [1.82, 2.24) is 4.90 Å². The van der Waals surface area contributed by atoms with Crippen molar-refractivity contribution in [3.63, 3.8) is 0 Å². The van der Waals surface area contributed by atoms with Crippen LogP contribution in [0.3, 0.4) is 0 Å². The zero-order valence-corrected chi connectivity index (χ0v) is 12.2. The molecule has 0 bridgehead atoms. The Morgan fingerprint density at radius 3 is 2.50 bits per heavy atom. The van der Waals surface area contributed by atoms with Crippen LogP contribution in [0, 0.1) is 0 Å². The fourth-order valence-electron chi connectivity index (χ4n) is 1.82. The Morgan fingerprint density at radius 2 is 2.00 bits per heavy atom. The number of methoxy groups -OCH3 is 1. The standard InChI is InChI=1S/C15H25NO2/c1-6-13-9-12(7-8-14(13)18-5)10-16(4)15(2,3)11-17/h7-9,17H,6,10-11H2,1-5H3. The topological polar surface area (TPSA) is 32.7 Å². The van der Waals surface area contributed by atoms with E-state index in [2.05, 4.69) is 24.0 Å². The lowest BCUT2D eigenvalue weighted by molar-refractivity contribution is 0.0734. The molecule has 0 atom stereocenters. The second-order valence-corrected chi connectivity index (χ2v) is 5.33. The van der Waals surface area contributed by atoms with E-state index in [1.165, 1.54) is 11.1 Å². The molecule has 0 radical (unpaired) electrons. The minimum absolute atomic E-state index is 0.153. The van der Waals surface area contributed by atoms with Gasteiger partial charge in [0.05, 0.1) is 13.7 Å². The van der Waals surface area contributed by atoms with Crippen molar-refractivity contribution in [3.05, 3.63) is 29.3 Å². The van der Waals surface area contributed by atoms with E-state index in [0.717, 1.165) is 18.7 Å². The molecule has 0 aromatic heterocycles. The van der Waals surface area contributed by atoms with Gasteiger partial charge in [-0.15, -0.1) is 0 Å². The van der Waals surface area contributed by atoms with Gasteiger partial charge in [0.25, 0.3) is 0 Å². The third-order valence-electron chi connectivity index (χ3n) is 3.57. The van der Waals surface area contributed by atoms with Crippen LogP contribution in [-0.2, 0) is 13.0 Å². The largest absolute Gasteiger partial charge is 0.496 e. The summed E-state index contributed by atoms with van der Waals surface area (Å²) in [7, 11) is 3.74. The van der Waals surface area contributed by atoms with Gasteiger partial charge in [0, 0.05) is 12.1 Å². The fraction of sp³-hybridized carbons (Fsp3) is 0.600. The van der Waals surface area contributed by atoms with Crippen molar-refractivity contribution in [1.29, 1.82) is 0 Å². The van der Waals surface area contributed by atoms with Crippen LogP contribution in [-0.4, -0.2) is 36.3 Å². The van der Waals surface area contributed by atoms with E-state index in [1.807, 2.05) is 27.0 Å². The van der Waals surface area contributed by atoms with E-state index < -0.39 is 0 Å². The lowest BCUT2D eigenvalue weighted by atomic mass is 10.0. The van der Waals surface area contributed by atoms with Gasteiger partial charge >= 0.3 is 0 Å². The lowest BCUT2D eigenvalue weighted by Crippen LogP contribution is -2.43. The quantitative estimate of drug-likeness (QED) is 0.843. The summed E-state index contributed by atoms with van der Waals surface area (Å²) in [6.45, 7) is 7.18. The van der Waals surface area contributed by atoms with Gasteiger partial charge in [-0.3, -0.25) is 4.90 Å². The summed E-state index contributed by atoms with van der Waals surface area (Å²) in [6, 6.07) is 6.29. The molecule has 102 valence electrons. The van der Waals surface area contributed by atoms with E-state index in [1.54, 1.807) is 7.11 Å². The molecular weight excluding hydrogens is 226 g/mol. The van der Waals surface area contributed by atoms with Gasteiger partial charge in [-0.2, -0.15) is 0 Å². The number of hydrogen-bond donors (Lipinski definition) is 1. The van der Waals surface area contributed by atoms with Crippen molar-refractivity contribution in [2.45, 2.75) is 39.3 Å². The van der Waals surface area contributed by atoms with Crippen LogP contribution in [0.1, 0.15) is 31.9 Å². The molecule has 0 aliphatic carbocycles. The molecule has 0 unspecified atom stereocenters. The van der Waals surface area contributed by atoms with Crippen LogP contribution in [0.15, 0.2) is 18.2 Å². The van der Waals surface area contributed by atoms with Gasteiger partial charge in [-0.05, 0) is 44.5 Å². The van der Waals surface area contributed by atoms with Gasteiger partial charge in [-0.1, -0.05) is 19.1 Å². The molecule has 0 fully saturated rings. The second-order valence-electron chi connectivity index (χ2n) is 5.33. The molecule has 18 heavy (non-hydrogen) atoms. The minimum Gasteiger partial charge on any atom is -0.496 e. The molecule has 1 aromatic rings. The fourth-order valence-corrected chi connectivity index (χ4v) is 1.82. The molecule has 1 aromatic carbocycles. The first-order valence-electron chi connectivity index (χ1n) is 6.42. The summed E-state index contributed by atoms with van der Waals surface area (Å²) in [5.74, 6) is 0.949. The van der Waals surface area contributed by atoms with Crippen LogP contribution in [0.25, 0.3) is 0 Å². The van der Waals surface area contributed by atoms with E-state index in [-0.39, 0.29) is 12.1 Å². The number of aliphatic hydroxyl groups excluding tert-OH is 1. The number of likely N-dealkylation sites (N-methyl/N-ethyl adjacent to an activating group) is 1.